The number of fused-ring (bicyclic) bond motifs is 1. The number of hydrogen-bond donors (Lipinski definition) is 0. The van der Waals surface area contributed by atoms with Crippen LogP contribution >= 0.6 is 0 Å². The number of benzene rings is 2. The SMILES string of the molecule is COc1ccc(-c2nc3ccccc3c(=O)n2-c2ncccc2C2CCCN2C)cc1OC. The lowest BCUT2D eigenvalue weighted by molar-refractivity contribution is 0.316. The maximum Gasteiger partial charge on any atom is 0.267 e. The van der Waals surface area contributed by atoms with E-state index in [0.29, 0.717) is 34.0 Å². The number of nitrogens with zero attached hydrogens (tertiary/aromatic N) is 4. The molecule has 1 unspecified atom stereocenters. The molecule has 5 rings (SSSR count). The van der Waals surface area contributed by atoms with E-state index in [1.165, 1.54) is 0 Å². The van der Waals surface area contributed by atoms with Crippen molar-refractivity contribution in [1.82, 2.24) is 19.4 Å². The molecule has 1 saturated heterocycles. The number of para-hydroxylation sites is 1. The molecule has 0 bridgehead atoms. The Morgan fingerprint density at radius 3 is 2.58 bits per heavy atom. The molecular weight excluding hydrogens is 416 g/mol. The molecule has 0 amide bonds. The van der Waals surface area contributed by atoms with Crippen LogP contribution in [0.5, 0.6) is 11.5 Å². The lowest BCUT2D eigenvalue weighted by atomic mass is 10.0. The Morgan fingerprint density at radius 2 is 1.82 bits per heavy atom. The van der Waals surface area contributed by atoms with Gasteiger partial charge in [0.05, 0.1) is 25.1 Å². The fraction of sp³-hybridized carbons (Fsp3) is 0.269. The van der Waals surface area contributed by atoms with Crippen molar-refractivity contribution in [2.45, 2.75) is 18.9 Å². The van der Waals surface area contributed by atoms with Crippen LogP contribution in [0.25, 0.3) is 28.1 Å². The summed E-state index contributed by atoms with van der Waals surface area (Å²) in [6.45, 7) is 1.02. The minimum Gasteiger partial charge on any atom is -0.493 e. The Morgan fingerprint density at radius 1 is 1.00 bits per heavy atom. The van der Waals surface area contributed by atoms with E-state index < -0.39 is 0 Å². The second-order valence-corrected chi connectivity index (χ2v) is 8.22. The summed E-state index contributed by atoms with van der Waals surface area (Å²) < 4.78 is 12.6. The van der Waals surface area contributed by atoms with E-state index in [-0.39, 0.29) is 11.6 Å². The van der Waals surface area contributed by atoms with Crippen LogP contribution in [0.2, 0.25) is 0 Å². The van der Waals surface area contributed by atoms with Gasteiger partial charge in [-0.05, 0) is 62.8 Å². The van der Waals surface area contributed by atoms with Crippen LogP contribution in [0, 0.1) is 0 Å². The molecule has 0 aliphatic carbocycles. The fourth-order valence-corrected chi connectivity index (χ4v) is 4.66. The van der Waals surface area contributed by atoms with E-state index in [2.05, 4.69) is 18.0 Å². The molecule has 0 saturated carbocycles. The Bertz CT molecular complexity index is 1380. The van der Waals surface area contributed by atoms with Crippen molar-refractivity contribution in [3.8, 4) is 28.7 Å². The monoisotopic (exact) mass is 442 g/mol. The van der Waals surface area contributed by atoms with E-state index in [4.69, 9.17) is 19.4 Å². The number of methoxy groups -OCH3 is 2. The molecule has 0 spiro atoms. The van der Waals surface area contributed by atoms with Crippen molar-refractivity contribution < 1.29 is 9.47 Å². The Balaban J connectivity index is 1.82. The first-order valence-corrected chi connectivity index (χ1v) is 11.0. The highest BCUT2D eigenvalue weighted by molar-refractivity contribution is 5.80. The molecule has 33 heavy (non-hydrogen) atoms. The first kappa shape index (κ1) is 21.2. The van der Waals surface area contributed by atoms with Gasteiger partial charge in [0.25, 0.3) is 5.56 Å². The second-order valence-electron chi connectivity index (χ2n) is 8.22. The molecule has 0 radical (unpaired) electrons. The predicted octanol–water partition coefficient (Wildman–Crippen LogP) is 4.23. The van der Waals surface area contributed by atoms with Crippen LogP contribution in [0.1, 0.15) is 24.4 Å². The summed E-state index contributed by atoms with van der Waals surface area (Å²) in [6, 6.07) is 17.2. The van der Waals surface area contributed by atoms with Gasteiger partial charge >= 0.3 is 0 Å². The highest BCUT2D eigenvalue weighted by atomic mass is 16.5. The number of hydrogen-bond acceptors (Lipinski definition) is 6. The molecular formula is C26H26N4O3. The third kappa shape index (κ3) is 3.64. The highest BCUT2D eigenvalue weighted by Gasteiger charge is 2.27. The Labute approximate surface area is 192 Å². The van der Waals surface area contributed by atoms with Crippen molar-refractivity contribution in [3.63, 3.8) is 0 Å². The summed E-state index contributed by atoms with van der Waals surface area (Å²) in [5.74, 6) is 2.31. The average molecular weight is 443 g/mol. The third-order valence-electron chi connectivity index (χ3n) is 6.33. The Kier molecular flexibility index (Phi) is 5.56. The maximum atomic E-state index is 13.9. The molecule has 7 nitrogen and oxygen atoms in total. The number of ether oxygens (including phenoxy) is 2. The molecule has 2 aromatic heterocycles. The summed E-state index contributed by atoms with van der Waals surface area (Å²) >= 11 is 0. The Hall–Kier alpha value is -3.71. The number of likely N-dealkylation sites (tertiary alicyclic amines) is 1. The minimum absolute atomic E-state index is 0.147. The third-order valence-corrected chi connectivity index (χ3v) is 6.33. The quantitative estimate of drug-likeness (QED) is 0.461. The van der Waals surface area contributed by atoms with Gasteiger partial charge in [-0.3, -0.25) is 9.69 Å². The van der Waals surface area contributed by atoms with E-state index in [1.807, 2.05) is 48.5 Å². The molecule has 1 atom stereocenters. The van der Waals surface area contributed by atoms with Gasteiger partial charge in [0.2, 0.25) is 0 Å². The first-order valence-electron chi connectivity index (χ1n) is 11.0. The van der Waals surface area contributed by atoms with Gasteiger partial charge in [0, 0.05) is 23.4 Å². The molecule has 168 valence electrons. The number of aromatic nitrogens is 3. The minimum atomic E-state index is -0.147. The van der Waals surface area contributed by atoms with Gasteiger partial charge in [-0.15, -0.1) is 0 Å². The second kappa shape index (κ2) is 8.67. The lowest BCUT2D eigenvalue weighted by Crippen LogP contribution is -2.26. The normalized spacial score (nSPS) is 16.3. The number of pyridine rings is 1. The molecule has 1 aliphatic rings. The van der Waals surface area contributed by atoms with E-state index in [9.17, 15) is 4.79 Å². The van der Waals surface area contributed by atoms with E-state index in [1.54, 1.807) is 25.0 Å². The van der Waals surface area contributed by atoms with Crippen LogP contribution < -0.4 is 15.0 Å². The van der Waals surface area contributed by atoms with Crippen LogP contribution in [0.15, 0.2) is 65.6 Å². The van der Waals surface area contributed by atoms with E-state index in [0.717, 1.165) is 30.5 Å². The zero-order chi connectivity index (χ0) is 22.9. The molecule has 7 heteroatoms. The van der Waals surface area contributed by atoms with Crippen LogP contribution in [0.4, 0.5) is 0 Å². The van der Waals surface area contributed by atoms with Crippen molar-refractivity contribution in [2.24, 2.45) is 0 Å². The topological polar surface area (TPSA) is 69.5 Å². The summed E-state index contributed by atoms with van der Waals surface area (Å²) in [7, 11) is 5.31. The summed E-state index contributed by atoms with van der Waals surface area (Å²) in [5, 5.41) is 0.554. The summed E-state index contributed by atoms with van der Waals surface area (Å²) in [6.07, 6.45) is 3.87. The molecule has 2 aromatic carbocycles. The number of rotatable bonds is 5. The van der Waals surface area contributed by atoms with Gasteiger partial charge < -0.3 is 9.47 Å². The van der Waals surface area contributed by atoms with Gasteiger partial charge in [-0.25, -0.2) is 14.5 Å². The standard InChI is InChI=1S/C26H26N4O3/c1-29-15-7-11-21(29)19-9-6-14-27-25(19)30-24(17-12-13-22(32-2)23(16-17)33-3)28-20-10-5-4-8-18(20)26(30)31/h4-6,8-10,12-14,16,21H,7,11,15H2,1-3H3. The van der Waals surface area contributed by atoms with Crippen LogP contribution in [0.3, 0.4) is 0 Å². The van der Waals surface area contributed by atoms with Gasteiger partial charge in [-0.1, -0.05) is 18.2 Å². The van der Waals surface area contributed by atoms with Crippen LogP contribution in [-0.4, -0.2) is 47.2 Å². The summed E-state index contributed by atoms with van der Waals surface area (Å²) in [4.78, 5) is 25.8. The van der Waals surface area contributed by atoms with Gasteiger partial charge in [0.1, 0.15) is 11.6 Å². The lowest BCUT2D eigenvalue weighted by Gasteiger charge is -2.23. The van der Waals surface area contributed by atoms with Crippen molar-refractivity contribution in [1.29, 1.82) is 0 Å². The average Bonchev–Trinajstić information content (AvgIpc) is 3.29. The maximum absolute atomic E-state index is 13.9. The van der Waals surface area contributed by atoms with Gasteiger partial charge in [0.15, 0.2) is 11.5 Å². The van der Waals surface area contributed by atoms with E-state index >= 15 is 0 Å². The van der Waals surface area contributed by atoms with Crippen molar-refractivity contribution in [2.75, 3.05) is 27.8 Å². The van der Waals surface area contributed by atoms with Crippen molar-refractivity contribution >= 4 is 10.9 Å². The first-order chi connectivity index (χ1) is 16.1. The molecule has 1 aliphatic heterocycles. The smallest absolute Gasteiger partial charge is 0.267 e. The predicted molar refractivity (Wildman–Crippen MR) is 128 cm³/mol. The van der Waals surface area contributed by atoms with Gasteiger partial charge in [-0.2, -0.15) is 0 Å². The zero-order valence-electron chi connectivity index (χ0n) is 19.0. The molecule has 0 N–H and O–H groups in total. The summed E-state index contributed by atoms with van der Waals surface area (Å²) in [5.41, 5.74) is 2.26. The zero-order valence-corrected chi connectivity index (χ0v) is 19.0. The molecule has 1 fully saturated rings. The highest BCUT2D eigenvalue weighted by Crippen LogP contribution is 2.36. The largest absolute Gasteiger partial charge is 0.493 e. The fourth-order valence-electron chi connectivity index (χ4n) is 4.66. The van der Waals surface area contributed by atoms with Crippen molar-refractivity contribution in [3.05, 3.63) is 76.7 Å². The molecule has 4 aromatic rings. The molecule has 3 heterocycles. The van der Waals surface area contributed by atoms with Crippen LogP contribution in [-0.2, 0) is 0 Å².